The summed E-state index contributed by atoms with van der Waals surface area (Å²) < 4.78 is 2.36. The van der Waals surface area contributed by atoms with Crippen molar-refractivity contribution in [3.63, 3.8) is 0 Å². The molecule has 0 radical (unpaired) electrons. The molecule has 0 fully saturated rings. The van der Waals surface area contributed by atoms with Gasteiger partial charge in [0, 0.05) is 49.6 Å². The molecule has 0 saturated carbocycles. The van der Waals surface area contributed by atoms with Crippen LogP contribution in [0, 0.1) is 4.77 Å². The Morgan fingerprint density at radius 1 is 1.43 bits per heavy atom. The summed E-state index contributed by atoms with van der Waals surface area (Å²) in [6.45, 7) is 6.57. The number of aromatic nitrogens is 4. The van der Waals surface area contributed by atoms with Crippen LogP contribution in [-0.2, 0) is 19.5 Å². The number of H-pyrrole nitrogens is 2. The largest absolute Gasteiger partial charge is 0.335 e. The van der Waals surface area contributed by atoms with E-state index in [1.54, 1.807) is 0 Å². The first kappa shape index (κ1) is 14.2. The molecule has 0 atom stereocenters. The zero-order valence-electron chi connectivity index (χ0n) is 12.2. The van der Waals surface area contributed by atoms with Crippen molar-refractivity contribution in [2.75, 3.05) is 6.54 Å². The standard InChI is InChI=1S/C14H19N5OS/c1-9(2)19-7-10(5-15-19)6-18-4-3-12-11(8-18)13(20)17-14(21)16-12/h5,7,9H,3-4,6,8H2,1-2H3,(H2,16,17,20,21). The Kier molecular flexibility index (Phi) is 3.77. The first-order valence-electron chi connectivity index (χ1n) is 7.12. The van der Waals surface area contributed by atoms with Gasteiger partial charge < -0.3 is 4.98 Å². The first-order chi connectivity index (χ1) is 10.0. The van der Waals surface area contributed by atoms with Crippen molar-refractivity contribution in [2.24, 2.45) is 0 Å². The summed E-state index contributed by atoms with van der Waals surface area (Å²) in [5.41, 5.74) is 2.87. The summed E-state index contributed by atoms with van der Waals surface area (Å²) in [7, 11) is 0. The van der Waals surface area contributed by atoms with Gasteiger partial charge in [-0.3, -0.25) is 19.4 Å². The zero-order chi connectivity index (χ0) is 15.0. The third-order valence-electron chi connectivity index (χ3n) is 3.78. The van der Waals surface area contributed by atoms with Gasteiger partial charge in [-0.2, -0.15) is 5.10 Å². The summed E-state index contributed by atoms with van der Waals surface area (Å²) >= 11 is 5.01. The van der Waals surface area contributed by atoms with E-state index < -0.39 is 0 Å². The molecule has 3 heterocycles. The quantitative estimate of drug-likeness (QED) is 0.848. The average molecular weight is 305 g/mol. The molecule has 0 spiro atoms. The van der Waals surface area contributed by atoms with Crippen LogP contribution in [0.4, 0.5) is 0 Å². The van der Waals surface area contributed by atoms with Crippen molar-refractivity contribution in [1.29, 1.82) is 0 Å². The van der Waals surface area contributed by atoms with E-state index in [0.717, 1.165) is 30.8 Å². The number of rotatable bonds is 3. The van der Waals surface area contributed by atoms with Crippen molar-refractivity contribution in [1.82, 2.24) is 24.6 Å². The van der Waals surface area contributed by atoms with Gasteiger partial charge in [0.2, 0.25) is 0 Å². The molecule has 2 aromatic rings. The molecule has 21 heavy (non-hydrogen) atoms. The van der Waals surface area contributed by atoms with Gasteiger partial charge in [-0.05, 0) is 26.1 Å². The van der Waals surface area contributed by atoms with Crippen molar-refractivity contribution < 1.29 is 0 Å². The summed E-state index contributed by atoms with van der Waals surface area (Å²) in [4.78, 5) is 20.0. The highest BCUT2D eigenvalue weighted by atomic mass is 32.1. The van der Waals surface area contributed by atoms with Gasteiger partial charge in [0.05, 0.1) is 11.8 Å². The van der Waals surface area contributed by atoms with Gasteiger partial charge in [0.25, 0.3) is 5.56 Å². The second-order valence-corrected chi connectivity index (χ2v) is 6.16. The highest BCUT2D eigenvalue weighted by Gasteiger charge is 2.20. The number of fused-ring (bicyclic) bond motifs is 1. The van der Waals surface area contributed by atoms with Crippen LogP contribution in [-0.4, -0.2) is 31.2 Å². The predicted octanol–water partition coefficient (Wildman–Crippen LogP) is 1.77. The van der Waals surface area contributed by atoms with E-state index in [0.29, 0.717) is 17.4 Å². The molecular formula is C14H19N5OS. The molecule has 0 bridgehead atoms. The Bertz CT molecular complexity index is 757. The van der Waals surface area contributed by atoms with Crippen LogP contribution in [0.15, 0.2) is 17.2 Å². The smallest absolute Gasteiger partial charge is 0.256 e. The fourth-order valence-corrected chi connectivity index (χ4v) is 2.86. The van der Waals surface area contributed by atoms with Gasteiger partial charge in [-0.25, -0.2) is 0 Å². The predicted molar refractivity (Wildman–Crippen MR) is 82.7 cm³/mol. The molecule has 0 aromatic carbocycles. The summed E-state index contributed by atoms with van der Waals surface area (Å²) in [6, 6.07) is 0.365. The maximum absolute atomic E-state index is 12.0. The van der Waals surface area contributed by atoms with Crippen LogP contribution in [0.2, 0.25) is 0 Å². The van der Waals surface area contributed by atoms with Gasteiger partial charge in [-0.15, -0.1) is 0 Å². The molecule has 2 N–H and O–H groups in total. The lowest BCUT2D eigenvalue weighted by molar-refractivity contribution is 0.241. The van der Waals surface area contributed by atoms with E-state index in [2.05, 4.69) is 40.0 Å². The Balaban J connectivity index is 1.77. The number of hydrogen-bond donors (Lipinski definition) is 2. The highest BCUT2D eigenvalue weighted by Crippen LogP contribution is 2.16. The monoisotopic (exact) mass is 305 g/mol. The zero-order valence-corrected chi connectivity index (χ0v) is 13.0. The average Bonchev–Trinajstić information content (AvgIpc) is 2.88. The third-order valence-corrected chi connectivity index (χ3v) is 3.98. The van der Waals surface area contributed by atoms with Crippen molar-refractivity contribution >= 4 is 12.2 Å². The van der Waals surface area contributed by atoms with E-state index in [4.69, 9.17) is 12.2 Å². The van der Waals surface area contributed by atoms with E-state index in [-0.39, 0.29) is 5.56 Å². The lowest BCUT2D eigenvalue weighted by Crippen LogP contribution is -2.35. The molecule has 0 amide bonds. The Labute approximate surface area is 127 Å². The first-order valence-corrected chi connectivity index (χ1v) is 7.53. The van der Waals surface area contributed by atoms with Crippen LogP contribution >= 0.6 is 12.2 Å². The fourth-order valence-electron chi connectivity index (χ4n) is 2.65. The summed E-state index contributed by atoms with van der Waals surface area (Å²) in [6.07, 6.45) is 4.79. The molecular weight excluding hydrogens is 286 g/mol. The van der Waals surface area contributed by atoms with Gasteiger partial charge in [-0.1, -0.05) is 0 Å². The van der Waals surface area contributed by atoms with Gasteiger partial charge in [0.15, 0.2) is 4.77 Å². The van der Waals surface area contributed by atoms with Crippen molar-refractivity contribution in [3.05, 3.63) is 44.3 Å². The molecule has 3 rings (SSSR count). The second kappa shape index (κ2) is 5.57. The van der Waals surface area contributed by atoms with Gasteiger partial charge in [0.1, 0.15) is 0 Å². The number of nitrogens with zero attached hydrogens (tertiary/aromatic N) is 3. The molecule has 112 valence electrons. The maximum Gasteiger partial charge on any atom is 0.256 e. The Morgan fingerprint density at radius 3 is 2.95 bits per heavy atom. The number of hydrogen-bond acceptors (Lipinski definition) is 4. The van der Waals surface area contributed by atoms with Crippen LogP contribution in [0.5, 0.6) is 0 Å². The summed E-state index contributed by atoms with van der Waals surface area (Å²) in [5, 5.41) is 4.36. The number of aromatic amines is 2. The Hall–Kier alpha value is -1.73. The molecule has 6 nitrogen and oxygen atoms in total. The van der Waals surface area contributed by atoms with Crippen molar-refractivity contribution in [3.8, 4) is 0 Å². The van der Waals surface area contributed by atoms with Crippen LogP contribution in [0.25, 0.3) is 0 Å². The minimum Gasteiger partial charge on any atom is -0.335 e. The van der Waals surface area contributed by atoms with E-state index in [1.807, 2.05) is 10.9 Å². The van der Waals surface area contributed by atoms with E-state index in [1.165, 1.54) is 5.56 Å². The minimum absolute atomic E-state index is 0.0728. The third kappa shape index (κ3) is 2.98. The van der Waals surface area contributed by atoms with E-state index >= 15 is 0 Å². The molecule has 1 aliphatic rings. The molecule has 1 aliphatic heterocycles. The minimum atomic E-state index is -0.0728. The lowest BCUT2D eigenvalue weighted by Gasteiger charge is -2.27. The molecule has 0 aliphatic carbocycles. The van der Waals surface area contributed by atoms with Gasteiger partial charge >= 0.3 is 0 Å². The molecule has 7 heteroatoms. The van der Waals surface area contributed by atoms with Crippen LogP contribution < -0.4 is 5.56 Å². The highest BCUT2D eigenvalue weighted by molar-refractivity contribution is 7.71. The fraction of sp³-hybridized carbons (Fsp3) is 0.500. The molecule has 0 saturated heterocycles. The Morgan fingerprint density at radius 2 is 2.24 bits per heavy atom. The summed E-state index contributed by atoms with van der Waals surface area (Å²) in [5.74, 6) is 0. The second-order valence-electron chi connectivity index (χ2n) is 5.75. The molecule has 2 aromatic heterocycles. The maximum atomic E-state index is 12.0. The van der Waals surface area contributed by atoms with E-state index in [9.17, 15) is 4.79 Å². The topological polar surface area (TPSA) is 69.7 Å². The number of nitrogens with one attached hydrogen (secondary N) is 2. The SMILES string of the molecule is CC(C)n1cc(CN2CCc3[nH]c(=S)[nH]c(=O)c3C2)cn1. The van der Waals surface area contributed by atoms with Crippen LogP contribution in [0.1, 0.15) is 36.7 Å². The van der Waals surface area contributed by atoms with Crippen LogP contribution in [0.3, 0.4) is 0 Å². The lowest BCUT2D eigenvalue weighted by atomic mass is 10.1. The normalized spacial score (nSPS) is 15.4. The molecule has 0 unspecified atom stereocenters. The van der Waals surface area contributed by atoms with Crippen molar-refractivity contribution in [2.45, 2.75) is 39.4 Å².